The van der Waals surface area contributed by atoms with Crippen LogP contribution in [0.15, 0.2) is 9.59 Å². The summed E-state index contributed by atoms with van der Waals surface area (Å²) >= 11 is 0. The molecule has 0 aliphatic heterocycles. The molecule has 0 saturated carbocycles. The number of carbonyl (C=O) groups excluding carboxylic acids is 1. The molecule has 0 aliphatic carbocycles. The van der Waals surface area contributed by atoms with Crippen LogP contribution in [0.5, 0.6) is 0 Å². The number of rotatable bonds is 4. The minimum absolute atomic E-state index is 0.0162. The van der Waals surface area contributed by atoms with E-state index in [1.165, 1.54) is 19.0 Å². The lowest BCUT2D eigenvalue weighted by Gasteiger charge is -2.15. The summed E-state index contributed by atoms with van der Waals surface area (Å²) in [5.74, 6) is -0.173. The quantitative estimate of drug-likeness (QED) is 0.697. The third-order valence-electron chi connectivity index (χ3n) is 2.63. The van der Waals surface area contributed by atoms with Gasteiger partial charge in [0.05, 0.1) is 6.54 Å². The van der Waals surface area contributed by atoms with Crippen LogP contribution in [0, 0.1) is 0 Å². The van der Waals surface area contributed by atoms with Gasteiger partial charge in [0.15, 0.2) is 0 Å². The summed E-state index contributed by atoms with van der Waals surface area (Å²) < 4.78 is 1.97. The highest BCUT2D eigenvalue weighted by atomic mass is 16.2. The maximum atomic E-state index is 11.7. The summed E-state index contributed by atoms with van der Waals surface area (Å²) in [7, 11) is 4.46. The maximum Gasteiger partial charge on any atom is 0.346 e. The summed E-state index contributed by atoms with van der Waals surface area (Å²) in [5, 5.41) is 6.42. The Labute approximate surface area is 104 Å². The number of hydrogen-bond donors (Lipinski definition) is 1. The number of amides is 1. The molecule has 8 heteroatoms. The number of likely N-dealkylation sites (N-methyl/N-ethyl adjacent to an activating group) is 1. The van der Waals surface area contributed by atoms with Gasteiger partial charge in [-0.15, -0.1) is 5.10 Å². The van der Waals surface area contributed by atoms with Crippen LogP contribution in [0.2, 0.25) is 0 Å². The van der Waals surface area contributed by atoms with Crippen LogP contribution >= 0.6 is 0 Å². The molecule has 1 aromatic heterocycles. The van der Waals surface area contributed by atoms with Gasteiger partial charge in [-0.1, -0.05) is 0 Å². The van der Waals surface area contributed by atoms with Gasteiger partial charge in [0, 0.05) is 27.7 Å². The summed E-state index contributed by atoms with van der Waals surface area (Å²) in [6, 6.07) is 0. The highest BCUT2D eigenvalue weighted by molar-refractivity contribution is 5.80. The summed E-state index contributed by atoms with van der Waals surface area (Å²) in [4.78, 5) is 36.2. The zero-order chi connectivity index (χ0) is 13.9. The van der Waals surface area contributed by atoms with Crippen LogP contribution in [0.4, 0.5) is 5.82 Å². The third-order valence-corrected chi connectivity index (χ3v) is 2.63. The van der Waals surface area contributed by atoms with E-state index in [2.05, 4.69) is 10.4 Å². The number of carbonyl (C=O) groups is 1. The average Bonchev–Trinajstić information content (AvgIpc) is 2.37. The third kappa shape index (κ3) is 2.76. The molecule has 1 aromatic rings. The van der Waals surface area contributed by atoms with Crippen molar-refractivity contribution in [2.24, 2.45) is 14.1 Å². The van der Waals surface area contributed by atoms with Crippen molar-refractivity contribution in [3.05, 3.63) is 20.8 Å². The number of hydrogen-bond acceptors (Lipinski definition) is 5. The first-order chi connectivity index (χ1) is 8.38. The normalized spacial score (nSPS) is 10.2. The Morgan fingerprint density at radius 3 is 2.56 bits per heavy atom. The van der Waals surface area contributed by atoms with E-state index in [0.717, 1.165) is 9.25 Å². The van der Waals surface area contributed by atoms with Crippen molar-refractivity contribution in [1.29, 1.82) is 0 Å². The molecule has 1 N–H and O–H groups in total. The molecule has 0 aromatic carbocycles. The molecule has 1 heterocycles. The summed E-state index contributed by atoms with van der Waals surface area (Å²) in [6.07, 6.45) is 0. The summed E-state index contributed by atoms with van der Waals surface area (Å²) in [6.45, 7) is 2.39. The van der Waals surface area contributed by atoms with Gasteiger partial charge in [-0.05, 0) is 6.92 Å². The van der Waals surface area contributed by atoms with Gasteiger partial charge in [0.25, 0.3) is 5.56 Å². The number of aromatic nitrogens is 3. The molecule has 0 aliphatic rings. The van der Waals surface area contributed by atoms with Crippen LogP contribution in [-0.2, 0) is 18.9 Å². The van der Waals surface area contributed by atoms with E-state index in [9.17, 15) is 14.4 Å². The molecule has 0 saturated heterocycles. The zero-order valence-electron chi connectivity index (χ0n) is 10.9. The Bertz CT molecular complexity index is 560. The van der Waals surface area contributed by atoms with Crippen LogP contribution in [0.25, 0.3) is 0 Å². The molecule has 100 valence electrons. The minimum atomic E-state index is -0.551. The largest absolute Gasteiger partial charge is 0.355 e. The monoisotopic (exact) mass is 255 g/mol. The van der Waals surface area contributed by atoms with E-state index in [4.69, 9.17) is 0 Å². The lowest BCUT2D eigenvalue weighted by atomic mass is 10.5. The van der Waals surface area contributed by atoms with Gasteiger partial charge in [-0.25, -0.2) is 9.48 Å². The van der Waals surface area contributed by atoms with Gasteiger partial charge in [-0.3, -0.25) is 14.2 Å². The van der Waals surface area contributed by atoms with Crippen molar-refractivity contribution in [2.45, 2.75) is 6.92 Å². The number of nitrogens with one attached hydrogen (secondary N) is 1. The summed E-state index contributed by atoms with van der Waals surface area (Å²) in [5.41, 5.74) is -1.06. The van der Waals surface area contributed by atoms with Gasteiger partial charge >= 0.3 is 5.69 Å². The van der Waals surface area contributed by atoms with Crippen molar-refractivity contribution in [2.75, 3.05) is 25.5 Å². The fraction of sp³-hybridized carbons (Fsp3) is 0.600. The lowest BCUT2D eigenvalue weighted by Crippen LogP contribution is -2.41. The Kier molecular flexibility index (Phi) is 4.24. The first-order valence-electron chi connectivity index (χ1n) is 5.50. The molecule has 18 heavy (non-hydrogen) atoms. The smallest absolute Gasteiger partial charge is 0.346 e. The maximum absolute atomic E-state index is 11.7. The van der Waals surface area contributed by atoms with Crippen molar-refractivity contribution in [3.63, 3.8) is 0 Å². The van der Waals surface area contributed by atoms with Crippen LogP contribution in [0.3, 0.4) is 0 Å². The average molecular weight is 255 g/mol. The molecular weight excluding hydrogens is 238 g/mol. The van der Waals surface area contributed by atoms with Gasteiger partial charge in [-0.2, -0.15) is 0 Å². The lowest BCUT2D eigenvalue weighted by molar-refractivity contribution is -0.127. The van der Waals surface area contributed by atoms with Gasteiger partial charge in [0.2, 0.25) is 11.7 Å². The Hall–Kier alpha value is -2.12. The van der Waals surface area contributed by atoms with E-state index in [1.54, 1.807) is 7.05 Å². The van der Waals surface area contributed by atoms with Crippen LogP contribution in [0.1, 0.15) is 6.92 Å². The van der Waals surface area contributed by atoms with E-state index in [-0.39, 0.29) is 18.3 Å². The van der Waals surface area contributed by atoms with Crippen LogP contribution in [-0.4, -0.2) is 45.3 Å². The van der Waals surface area contributed by atoms with Crippen molar-refractivity contribution >= 4 is 11.7 Å². The predicted molar refractivity (Wildman–Crippen MR) is 66.5 cm³/mol. The molecule has 1 rings (SSSR count). The molecule has 0 unspecified atom stereocenters. The molecule has 0 fully saturated rings. The minimum Gasteiger partial charge on any atom is -0.355 e. The Morgan fingerprint density at radius 2 is 2.00 bits per heavy atom. The molecule has 0 bridgehead atoms. The standard InChI is InChI=1S/C10H17N5O3/c1-5-13(2)7(16)6-11-8-9(17)14(3)10(18)15(4)12-8/h5-6H2,1-4H3,(H,11,12). The van der Waals surface area contributed by atoms with Crippen molar-refractivity contribution < 1.29 is 4.79 Å². The molecular formula is C10H17N5O3. The Morgan fingerprint density at radius 1 is 1.39 bits per heavy atom. The highest BCUT2D eigenvalue weighted by Crippen LogP contribution is 1.90. The van der Waals surface area contributed by atoms with Gasteiger partial charge < -0.3 is 10.2 Å². The van der Waals surface area contributed by atoms with E-state index in [1.807, 2.05) is 6.92 Å². The number of anilines is 1. The molecule has 0 atom stereocenters. The second-order valence-electron chi connectivity index (χ2n) is 3.88. The fourth-order valence-electron chi connectivity index (χ4n) is 1.28. The highest BCUT2D eigenvalue weighted by Gasteiger charge is 2.11. The SMILES string of the molecule is CCN(C)C(=O)CNc1nn(C)c(=O)n(C)c1=O. The second-order valence-corrected chi connectivity index (χ2v) is 3.88. The molecule has 1 amide bonds. The first-order valence-corrected chi connectivity index (χ1v) is 5.50. The van der Waals surface area contributed by atoms with Crippen molar-refractivity contribution in [1.82, 2.24) is 19.2 Å². The molecule has 0 spiro atoms. The molecule has 8 nitrogen and oxygen atoms in total. The van der Waals surface area contributed by atoms with Crippen molar-refractivity contribution in [3.8, 4) is 0 Å². The Balaban J connectivity index is 2.91. The number of aryl methyl sites for hydroxylation is 1. The van der Waals surface area contributed by atoms with Crippen LogP contribution < -0.4 is 16.6 Å². The predicted octanol–water partition coefficient (Wildman–Crippen LogP) is -1.63. The second kappa shape index (κ2) is 5.48. The van der Waals surface area contributed by atoms with E-state index in [0.29, 0.717) is 6.54 Å². The topological polar surface area (TPSA) is 89.2 Å². The fourth-order valence-corrected chi connectivity index (χ4v) is 1.28. The number of nitrogens with zero attached hydrogens (tertiary/aromatic N) is 4. The van der Waals surface area contributed by atoms with E-state index < -0.39 is 11.2 Å². The first kappa shape index (κ1) is 13.9. The zero-order valence-corrected chi connectivity index (χ0v) is 10.9. The molecule has 0 radical (unpaired) electrons. The van der Waals surface area contributed by atoms with E-state index >= 15 is 0 Å². The van der Waals surface area contributed by atoms with Gasteiger partial charge in [0.1, 0.15) is 0 Å².